The van der Waals surface area contributed by atoms with E-state index in [0.29, 0.717) is 6.10 Å². The molecule has 3 unspecified atom stereocenters. The zero-order valence-corrected chi connectivity index (χ0v) is 10.2. The topological polar surface area (TPSA) is 29.5 Å². The Morgan fingerprint density at radius 3 is 2.67 bits per heavy atom. The number of ether oxygens (including phenoxy) is 1. The van der Waals surface area contributed by atoms with Crippen molar-refractivity contribution >= 4 is 0 Å². The molecule has 0 radical (unpaired) electrons. The molecule has 1 aliphatic rings. The Labute approximate surface area is 94.0 Å². The molecule has 1 fully saturated rings. The summed E-state index contributed by atoms with van der Waals surface area (Å²) in [5, 5.41) is 9.62. The van der Waals surface area contributed by atoms with Gasteiger partial charge in [0.1, 0.15) is 0 Å². The molecule has 1 N–H and O–H groups in total. The minimum atomic E-state index is -0.205. The van der Waals surface area contributed by atoms with Crippen LogP contribution in [0.1, 0.15) is 65.2 Å². The minimum absolute atomic E-state index is 0.117. The molecular formula is C13H26O2. The molecule has 0 aromatic heterocycles. The third kappa shape index (κ3) is 4.98. The van der Waals surface area contributed by atoms with E-state index in [1.54, 1.807) is 0 Å². The quantitative estimate of drug-likeness (QED) is 0.659. The Bertz CT molecular complexity index is 159. The fraction of sp³-hybridized carbons (Fsp3) is 1.00. The lowest BCUT2D eigenvalue weighted by molar-refractivity contribution is -0.0580. The van der Waals surface area contributed by atoms with Gasteiger partial charge in [0.05, 0.1) is 18.3 Å². The Hall–Kier alpha value is -0.0800. The van der Waals surface area contributed by atoms with Gasteiger partial charge in [0.25, 0.3) is 0 Å². The molecular weight excluding hydrogens is 188 g/mol. The van der Waals surface area contributed by atoms with E-state index in [1.807, 2.05) is 0 Å². The number of hydrogen-bond donors (Lipinski definition) is 1. The molecule has 0 aromatic rings. The molecule has 0 amide bonds. The molecule has 1 saturated carbocycles. The van der Waals surface area contributed by atoms with Gasteiger partial charge in [0.2, 0.25) is 0 Å². The van der Waals surface area contributed by atoms with Gasteiger partial charge in [-0.25, -0.2) is 0 Å². The lowest BCUT2D eigenvalue weighted by Crippen LogP contribution is -2.27. The van der Waals surface area contributed by atoms with Crippen molar-refractivity contribution in [2.45, 2.75) is 83.5 Å². The average Bonchev–Trinajstić information content (AvgIpc) is 2.59. The maximum Gasteiger partial charge on any atom is 0.0837 e. The molecule has 0 heterocycles. The normalized spacial score (nSPS) is 28.2. The molecule has 1 rings (SSSR count). The van der Waals surface area contributed by atoms with Crippen LogP contribution < -0.4 is 0 Å². The van der Waals surface area contributed by atoms with Crippen LogP contribution in [0.25, 0.3) is 0 Å². The van der Waals surface area contributed by atoms with E-state index in [1.165, 1.54) is 25.7 Å². The van der Waals surface area contributed by atoms with Crippen molar-refractivity contribution < 1.29 is 9.84 Å². The molecule has 0 bridgehead atoms. The highest BCUT2D eigenvalue weighted by Crippen LogP contribution is 2.24. The van der Waals surface area contributed by atoms with Gasteiger partial charge in [0.15, 0.2) is 0 Å². The van der Waals surface area contributed by atoms with E-state index in [4.69, 9.17) is 4.74 Å². The zero-order valence-electron chi connectivity index (χ0n) is 10.2. The maximum atomic E-state index is 9.62. The largest absolute Gasteiger partial charge is 0.390 e. The standard InChI is InChI=1S/C13H26O2/c1-3-4-5-6-8-11(2)15-13-10-7-9-12(13)14/h11-14H,3-10H2,1-2H3. The molecule has 2 heteroatoms. The highest BCUT2D eigenvalue weighted by Gasteiger charge is 2.27. The molecule has 0 saturated heterocycles. The van der Waals surface area contributed by atoms with Crippen molar-refractivity contribution in [2.24, 2.45) is 0 Å². The number of unbranched alkanes of at least 4 members (excludes halogenated alkanes) is 3. The molecule has 2 nitrogen and oxygen atoms in total. The van der Waals surface area contributed by atoms with Crippen LogP contribution in [0.4, 0.5) is 0 Å². The summed E-state index contributed by atoms with van der Waals surface area (Å²) in [5.74, 6) is 0. The number of hydrogen-bond acceptors (Lipinski definition) is 2. The molecule has 1 aliphatic carbocycles. The van der Waals surface area contributed by atoms with Crippen molar-refractivity contribution in [1.29, 1.82) is 0 Å². The maximum absolute atomic E-state index is 9.62. The summed E-state index contributed by atoms with van der Waals surface area (Å²) in [7, 11) is 0. The summed E-state index contributed by atoms with van der Waals surface area (Å²) in [6.07, 6.45) is 9.66. The zero-order chi connectivity index (χ0) is 11.1. The highest BCUT2D eigenvalue weighted by atomic mass is 16.5. The van der Waals surface area contributed by atoms with E-state index < -0.39 is 0 Å². The predicted octanol–water partition coefficient (Wildman–Crippen LogP) is 3.28. The first kappa shape index (κ1) is 13.0. The van der Waals surface area contributed by atoms with Crippen LogP contribution in [-0.4, -0.2) is 23.4 Å². The van der Waals surface area contributed by atoms with Crippen LogP contribution >= 0.6 is 0 Å². The number of aliphatic hydroxyl groups is 1. The first-order valence-electron chi connectivity index (χ1n) is 6.57. The number of aliphatic hydroxyl groups excluding tert-OH is 1. The SMILES string of the molecule is CCCCCCC(C)OC1CCCC1O. The highest BCUT2D eigenvalue weighted by molar-refractivity contribution is 4.77. The summed E-state index contributed by atoms with van der Waals surface area (Å²) < 4.78 is 5.85. The van der Waals surface area contributed by atoms with Crippen LogP contribution in [0.3, 0.4) is 0 Å². The molecule has 0 aromatic carbocycles. The monoisotopic (exact) mass is 214 g/mol. The molecule has 0 aliphatic heterocycles. The van der Waals surface area contributed by atoms with Gasteiger partial charge in [0, 0.05) is 0 Å². The summed E-state index contributed by atoms with van der Waals surface area (Å²) in [5.41, 5.74) is 0. The Morgan fingerprint density at radius 1 is 1.27 bits per heavy atom. The summed E-state index contributed by atoms with van der Waals surface area (Å²) >= 11 is 0. The predicted molar refractivity (Wildman–Crippen MR) is 63.0 cm³/mol. The van der Waals surface area contributed by atoms with Crippen LogP contribution in [0.2, 0.25) is 0 Å². The van der Waals surface area contributed by atoms with Crippen LogP contribution in [0.15, 0.2) is 0 Å². The molecule has 90 valence electrons. The average molecular weight is 214 g/mol. The molecule has 3 atom stereocenters. The Morgan fingerprint density at radius 2 is 2.07 bits per heavy atom. The van der Waals surface area contributed by atoms with Gasteiger partial charge >= 0.3 is 0 Å². The molecule has 0 spiro atoms. The van der Waals surface area contributed by atoms with Crippen LogP contribution in [0.5, 0.6) is 0 Å². The van der Waals surface area contributed by atoms with Gasteiger partial charge in [-0.2, -0.15) is 0 Å². The fourth-order valence-electron chi connectivity index (χ4n) is 2.29. The van der Waals surface area contributed by atoms with Crippen molar-refractivity contribution in [2.75, 3.05) is 0 Å². The van der Waals surface area contributed by atoms with E-state index in [2.05, 4.69) is 13.8 Å². The second-order valence-corrected chi connectivity index (χ2v) is 4.83. The van der Waals surface area contributed by atoms with Gasteiger partial charge < -0.3 is 9.84 Å². The first-order chi connectivity index (χ1) is 7.24. The minimum Gasteiger partial charge on any atom is -0.390 e. The van der Waals surface area contributed by atoms with E-state index >= 15 is 0 Å². The van der Waals surface area contributed by atoms with Gasteiger partial charge in [-0.1, -0.05) is 32.6 Å². The van der Waals surface area contributed by atoms with E-state index in [0.717, 1.165) is 25.7 Å². The summed E-state index contributed by atoms with van der Waals surface area (Å²) in [6, 6.07) is 0. The van der Waals surface area contributed by atoms with Crippen LogP contribution in [-0.2, 0) is 4.74 Å². The Kier molecular flexibility index (Phi) is 6.26. The second-order valence-electron chi connectivity index (χ2n) is 4.83. The van der Waals surface area contributed by atoms with Crippen molar-refractivity contribution in [3.05, 3.63) is 0 Å². The molecule has 15 heavy (non-hydrogen) atoms. The third-order valence-electron chi connectivity index (χ3n) is 3.29. The lowest BCUT2D eigenvalue weighted by atomic mass is 10.1. The van der Waals surface area contributed by atoms with Crippen LogP contribution in [0, 0.1) is 0 Å². The van der Waals surface area contributed by atoms with E-state index in [9.17, 15) is 5.11 Å². The van der Waals surface area contributed by atoms with Gasteiger partial charge in [-0.05, 0) is 32.6 Å². The van der Waals surface area contributed by atoms with Crippen molar-refractivity contribution in [3.63, 3.8) is 0 Å². The number of rotatable bonds is 7. The summed E-state index contributed by atoms with van der Waals surface area (Å²) in [6.45, 7) is 4.37. The van der Waals surface area contributed by atoms with E-state index in [-0.39, 0.29) is 12.2 Å². The van der Waals surface area contributed by atoms with Crippen molar-refractivity contribution in [3.8, 4) is 0 Å². The van der Waals surface area contributed by atoms with Crippen molar-refractivity contribution in [1.82, 2.24) is 0 Å². The Balaban J connectivity index is 2.04. The second kappa shape index (κ2) is 7.24. The first-order valence-corrected chi connectivity index (χ1v) is 6.57. The lowest BCUT2D eigenvalue weighted by Gasteiger charge is -2.21. The van der Waals surface area contributed by atoms with Gasteiger partial charge in [-0.15, -0.1) is 0 Å². The summed E-state index contributed by atoms with van der Waals surface area (Å²) in [4.78, 5) is 0. The third-order valence-corrected chi connectivity index (χ3v) is 3.29. The smallest absolute Gasteiger partial charge is 0.0837 e. The fourth-order valence-corrected chi connectivity index (χ4v) is 2.29. The van der Waals surface area contributed by atoms with Gasteiger partial charge in [-0.3, -0.25) is 0 Å².